The predicted molar refractivity (Wildman–Crippen MR) is 229 cm³/mol. The number of nitrogens with one attached hydrogen (secondary N) is 1. The van der Waals surface area contributed by atoms with E-state index >= 15 is 0 Å². The minimum atomic E-state index is 0.0231. The van der Waals surface area contributed by atoms with Crippen molar-refractivity contribution in [1.29, 1.82) is 0 Å². The first kappa shape index (κ1) is 30.8. The molecule has 0 saturated heterocycles. The Bertz CT molecular complexity index is 2960. The lowest BCUT2D eigenvalue weighted by atomic mass is 9.86. The molecule has 1 N–H and O–H groups in total. The third-order valence-electron chi connectivity index (χ3n) is 11.7. The van der Waals surface area contributed by atoms with Crippen molar-refractivity contribution in [2.45, 2.75) is 12.1 Å². The van der Waals surface area contributed by atoms with Gasteiger partial charge in [-0.3, -0.25) is 0 Å². The van der Waals surface area contributed by atoms with Crippen molar-refractivity contribution in [3.8, 4) is 16.8 Å². The Balaban J connectivity index is 1.14. The number of anilines is 2. The maximum absolute atomic E-state index is 3.99. The molecule has 0 amide bonds. The molecule has 2 unspecified atom stereocenters. The largest absolute Gasteiger partial charge is 0.374 e. The molecule has 2 heterocycles. The second kappa shape index (κ2) is 12.1. The van der Waals surface area contributed by atoms with Crippen LogP contribution >= 0.6 is 0 Å². The fourth-order valence-electron chi connectivity index (χ4n) is 9.27. The topological polar surface area (TPSA) is 20.2 Å². The molecule has 1 aliphatic heterocycles. The molecule has 256 valence electrons. The Hall–Kier alpha value is -6.84. The molecule has 11 rings (SSSR count). The van der Waals surface area contributed by atoms with Crippen LogP contribution in [0.5, 0.6) is 0 Å². The van der Waals surface area contributed by atoms with Crippen molar-refractivity contribution in [2.75, 3.05) is 17.3 Å². The van der Waals surface area contributed by atoms with E-state index < -0.39 is 0 Å². The minimum absolute atomic E-state index is 0.0231. The molecule has 0 fully saturated rings. The van der Waals surface area contributed by atoms with E-state index in [9.17, 15) is 0 Å². The number of hydrogen-bond donors (Lipinski definition) is 1. The van der Waals surface area contributed by atoms with Gasteiger partial charge in [-0.2, -0.15) is 0 Å². The first-order valence-electron chi connectivity index (χ1n) is 18.8. The molecule has 0 spiro atoms. The van der Waals surface area contributed by atoms with E-state index in [-0.39, 0.29) is 12.1 Å². The van der Waals surface area contributed by atoms with Crippen LogP contribution in [-0.4, -0.2) is 11.6 Å². The van der Waals surface area contributed by atoms with Gasteiger partial charge in [-0.1, -0.05) is 158 Å². The molecular weight excluding hydrogens is 655 g/mol. The zero-order chi connectivity index (χ0) is 35.8. The summed E-state index contributed by atoms with van der Waals surface area (Å²) in [6.07, 6.45) is 0. The maximum atomic E-state index is 3.99. The summed E-state index contributed by atoms with van der Waals surface area (Å²) in [5, 5.41) is 14.2. The molecule has 9 aromatic carbocycles. The van der Waals surface area contributed by atoms with Crippen LogP contribution in [0.4, 0.5) is 11.4 Å². The summed E-state index contributed by atoms with van der Waals surface area (Å²) in [4.78, 5) is 2.47. The van der Waals surface area contributed by atoms with Crippen LogP contribution in [0.2, 0.25) is 0 Å². The Labute approximate surface area is 314 Å². The van der Waals surface area contributed by atoms with Crippen LogP contribution in [-0.2, 0) is 0 Å². The van der Waals surface area contributed by atoms with Crippen LogP contribution in [0, 0.1) is 0 Å². The summed E-state index contributed by atoms with van der Waals surface area (Å²) in [6.45, 7) is 0. The molecule has 2 atom stereocenters. The molecule has 0 radical (unpaired) electrons. The molecule has 1 aromatic heterocycles. The van der Waals surface area contributed by atoms with Gasteiger partial charge in [0.1, 0.15) is 0 Å². The number of rotatable bonds is 4. The SMILES string of the molecule is CN1c2ccccc2NC(c2ccc(-c3ccccc3)cc2)C1c1cccc2c(-n3c4ccc5ccccc5c4c4c5ccccc5ccc43)cccc12. The number of fused-ring (bicyclic) bond motifs is 9. The lowest BCUT2D eigenvalue weighted by molar-refractivity contribution is 0.564. The van der Waals surface area contributed by atoms with Crippen LogP contribution < -0.4 is 10.2 Å². The summed E-state index contributed by atoms with van der Waals surface area (Å²) >= 11 is 0. The molecular formula is C51H37N3. The Morgan fingerprint density at radius 1 is 0.426 bits per heavy atom. The van der Waals surface area contributed by atoms with Crippen LogP contribution in [0.3, 0.4) is 0 Å². The van der Waals surface area contributed by atoms with Crippen molar-refractivity contribution < 1.29 is 0 Å². The van der Waals surface area contributed by atoms with Crippen LogP contribution in [0.1, 0.15) is 23.2 Å². The molecule has 1 aliphatic rings. The van der Waals surface area contributed by atoms with Gasteiger partial charge in [0.2, 0.25) is 0 Å². The van der Waals surface area contributed by atoms with Crippen molar-refractivity contribution in [3.63, 3.8) is 0 Å². The van der Waals surface area contributed by atoms with E-state index in [4.69, 9.17) is 0 Å². The number of nitrogens with zero attached hydrogens (tertiary/aromatic N) is 2. The summed E-state index contributed by atoms with van der Waals surface area (Å²) < 4.78 is 2.51. The monoisotopic (exact) mass is 691 g/mol. The predicted octanol–water partition coefficient (Wildman–Crippen LogP) is 13.3. The van der Waals surface area contributed by atoms with Gasteiger partial charge in [-0.25, -0.2) is 0 Å². The highest BCUT2D eigenvalue weighted by atomic mass is 15.2. The molecule has 3 nitrogen and oxygen atoms in total. The van der Waals surface area contributed by atoms with Crippen LogP contribution in [0.15, 0.2) is 188 Å². The van der Waals surface area contributed by atoms with E-state index in [1.807, 2.05) is 0 Å². The van der Waals surface area contributed by atoms with Gasteiger partial charge in [0.25, 0.3) is 0 Å². The fourth-order valence-corrected chi connectivity index (χ4v) is 9.27. The smallest absolute Gasteiger partial charge is 0.0789 e. The Morgan fingerprint density at radius 2 is 0.981 bits per heavy atom. The van der Waals surface area contributed by atoms with Gasteiger partial charge >= 0.3 is 0 Å². The number of aromatic nitrogens is 1. The van der Waals surface area contributed by atoms with E-state index in [1.165, 1.54) is 87.8 Å². The first-order chi connectivity index (χ1) is 26.7. The molecule has 0 bridgehead atoms. The average molecular weight is 692 g/mol. The van der Waals surface area contributed by atoms with Gasteiger partial charge < -0.3 is 14.8 Å². The average Bonchev–Trinajstić information content (AvgIpc) is 3.59. The number of para-hydroxylation sites is 2. The fraction of sp³-hybridized carbons (Fsp3) is 0.0588. The standard InChI is InChI=1S/C51H37N3/c1-53-45-23-10-9-22-43(45)52-50(37-27-25-34(26-28-37)33-13-3-2-4-14-33)51(53)42-21-11-20-41-40(42)19-12-24-44(41)54-46-31-29-35-15-5-7-17-38(35)48(46)49-39-18-8-6-16-36(39)30-32-47(49)54/h2-32,50-52H,1H3. The highest BCUT2D eigenvalue weighted by Crippen LogP contribution is 2.48. The minimum Gasteiger partial charge on any atom is -0.374 e. The molecule has 3 heteroatoms. The van der Waals surface area contributed by atoms with E-state index in [0.717, 1.165) is 5.69 Å². The second-order valence-electron chi connectivity index (χ2n) is 14.6. The second-order valence-corrected chi connectivity index (χ2v) is 14.6. The zero-order valence-electron chi connectivity index (χ0n) is 29.9. The highest BCUT2D eigenvalue weighted by molar-refractivity contribution is 6.28. The number of likely N-dealkylation sites (N-methyl/N-ethyl adjacent to an activating group) is 1. The zero-order valence-corrected chi connectivity index (χ0v) is 29.9. The lowest BCUT2D eigenvalue weighted by Gasteiger charge is -2.43. The Kier molecular flexibility index (Phi) is 6.90. The molecule has 0 aliphatic carbocycles. The van der Waals surface area contributed by atoms with Gasteiger partial charge in [0, 0.05) is 23.2 Å². The third kappa shape index (κ3) is 4.61. The summed E-state index contributed by atoms with van der Waals surface area (Å²) in [5.74, 6) is 0. The maximum Gasteiger partial charge on any atom is 0.0789 e. The summed E-state index contributed by atoms with van der Waals surface area (Å²) in [5.41, 5.74) is 11.0. The molecule has 54 heavy (non-hydrogen) atoms. The summed E-state index contributed by atoms with van der Waals surface area (Å²) in [7, 11) is 2.25. The Morgan fingerprint density at radius 3 is 1.70 bits per heavy atom. The van der Waals surface area contributed by atoms with Gasteiger partial charge in [-0.05, 0) is 79.5 Å². The quantitative estimate of drug-likeness (QED) is 0.198. The molecule has 0 saturated carbocycles. The van der Waals surface area contributed by atoms with Crippen molar-refractivity contribution in [1.82, 2.24) is 4.57 Å². The van der Waals surface area contributed by atoms with Crippen molar-refractivity contribution in [2.24, 2.45) is 0 Å². The van der Waals surface area contributed by atoms with E-state index in [2.05, 4.69) is 210 Å². The third-order valence-corrected chi connectivity index (χ3v) is 11.7. The van der Waals surface area contributed by atoms with Gasteiger partial charge in [-0.15, -0.1) is 0 Å². The van der Waals surface area contributed by atoms with Crippen LogP contribution in [0.25, 0.3) is 70.9 Å². The number of benzene rings is 9. The van der Waals surface area contributed by atoms with Gasteiger partial charge in [0.05, 0.1) is 40.2 Å². The van der Waals surface area contributed by atoms with Crippen molar-refractivity contribution >= 4 is 65.5 Å². The first-order valence-corrected chi connectivity index (χ1v) is 18.8. The highest BCUT2D eigenvalue weighted by Gasteiger charge is 2.35. The summed E-state index contributed by atoms with van der Waals surface area (Å²) in [6, 6.07) is 69.1. The normalized spacial score (nSPS) is 15.6. The van der Waals surface area contributed by atoms with Crippen molar-refractivity contribution in [3.05, 3.63) is 199 Å². The number of hydrogen-bond acceptors (Lipinski definition) is 2. The molecule has 10 aromatic rings. The lowest BCUT2D eigenvalue weighted by Crippen LogP contribution is -2.37. The van der Waals surface area contributed by atoms with E-state index in [0.29, 0.717) is 0 Å². The van der Waals surface area contributed by atoms with Gasteiger partial charge in [0.15, 0.2) is 0 Å². The van der Waals surface area contributed by atoms with E-state index in [1.54, 1.807) is 0 Å².